The quantitative estimate of drug-likeness (QED) is 0.150. The van der Waals surface area contributed by atoms with Crippen molar-refractivity contribution < 1.29 is 4.42 Å². The van der Waals surface area contributed by atoms with Gasteiger partial charge in [0.1, 0.15) is 5.58 Å². The molecular weight excluding hydrogens is 568 g/mol. The molecule has 0 atom stereocenters. The molecule has 3 heterocycles. The zero-order valence-corrected chi connectivity index (χ0v) is 24.5. The first kappa shape index (κ1) is 26.0. The minimum atomic E-state index is -0.344. The van der Waals surface area contributed by atoms with Crippen LogP contribution in [-0.2, 0) is 0 Å². The second kappa shape index (κ2) is 10.4. The van der Waals surface area contributed by atoms with E-state index in [0.717, 1.165) is 55.0 Å². The van der Waals surface area contributed by atoms with E-state index in [1.54, 1.807) is 0 Å². The van der Waals surface area contributed by atoms with Crippen LogP contribution in [0, 0.1) is 0 Å². The summed E-state index contributed by atoms with van der Waals surface area (Å²) in [5, 5.41) is 4.23. The average molecular weight is 593 g/mol. The second-order valence-corrected chi connectivity index (χ2v) is 11.2. The van der Waals surface area contributed by atoms with Crippen LogP contribution >= 0.6 is 0 Å². The van der Waals surface area contributed by atoms with Crippen LogP contribution in [0.2, 0.25) is 0 Å². The van der Waals surface area contributed by atoms with Crippen molar-refractivity contribution in [3.05, 3.63) is 156 Å². The third-order valence-electron chi connectivity index (χ3n) is 8.48. The number of para-hydroxylation sites is 2. The lowest BCUT2D eigenvalue weighted by molar-refractivity contribution is 0.570. The van der Waals surface area contributed by atoms with E-state index < -0.39 is 0 Å². The summed E-state index contributed by atoms with van der Waals surface area (Å²) in [5.41, 5.74) is 5.75. The van der Waals surface area contributed by atoms with E-state index in [1.165, 1.54) is 0 Å². The Morgan fingerprint density at radius 1 is 0.457 bits per heavy atom. The molecule has 0 spiro atoms. The zero-order chi connectivity index (χ0) is 30.6. The van der Waals surface area contributed by atoms with E-state index in [9.17, 15) is 4.79 Å². The summed E-state index contributed by atoms with van der Waals surface area (Å²) in [6.45, 7) is 0. The predicted molar refractivity (Wildman–Crippen MR) is 184 cm³/mol. The largest absolute Gasteiger partial charge is 0.422 e. The van der Waals surface area contributed by atoms with Crippen molar-refractivity contribution >= 4 is 43.5 Å². The van der Waals surface area contributed by atoms with Crippen molar-refractivity contribution in [2.24, 2.45) is 0 Å². The van der Waals surface area contributed by atoms with Crippen LogP contribution < -0.4 is 5.63 Å². The lowest BCUT2D eigenvalue weighted by atomic mass is 10.0. The Kier molecular flexibility index (Phi) is 5.86. The lowest BCUT2D eigenvalue weighted by Gasteiger charge is -2.12. The normalized spacial score (nSPS) is 11.6. The van der Waals surface area contributed by atoms with Crippen LogP contribution in [0.4, 0.5) is 0 Å². The van der Waals surface area contributed by atoms with E-state index in [0.29, 0.717) is 28.4 Å². The molecule has 6 nitrogen and oxygen atoms in total. The first-order valence-corrected chi connectivity index (χ1v) is 15.1. The van der Waals surface area contributed by atoms with Gasteiger partial charge in [0, 0.05) is 43.9 Å². The molecular formula is C40H24N4O2. The van der Waals surface area contributed by atoms with Gasteiger partial charge in [0.2, 0.25) is 0 Å². The topological polar surface area (TPSA) is 73.8 Å². The van der Waals surface area contributed by atoms with E-state index in [-0.39, 0.29) is 5.63 Å². The minimum Gasteiger partial charge on any atom is -0.422 e. The van der Waals surface area contributed by atoms with Crippen LogP contribution in [0.1, 0.15) is 0 Å². The smallest absolute Gasteiger partial charge is 0.344 e. The number of aromatic nitrogens is 4. The monoisotopic (exact) mass is 592 g/mol. The van der Waals surface area contributed by atoms with Crippen molar-refractivity contribution in [2.75, 3.05) is 0 Å². The molecule has 216 valence electrons. The fraction of sp³-hybridized carbons (Fsp3) is 0. The maximum Gasteiger partial charge on any atom is 0.344 e. The van der Waals surface area contributed by atoms with Gasteiger partial charge >= 0.3 is 5.63 Å². The number of benzene rings is 6. The highest BCUT2D eigenvalue weighted by molar-refractivity contribution is 6.24. The summed E-state index contributed by atoms with van der Waals surface area (Å²) in [6.07, 6.45) is 0. The van der Waals surface area contributed by atoms with E-state index in [2.05, 4.69) is 34.9 Å². The van der Waals surface area contributed by atoms with Gasteiger partial charge in [-0.05, 0) is 30.3 Å². The highest BCUT2D eigenvalue weighted by atomic mass is 16.4. The molecule has 0 aliphatic rings. The average Bonchev–Trinajstić information content (AvgIpc) is 3.47. The van der Waals surface area contributed by atoms with Gasteiger partial charge in [0.15, 0.2) is 17.5 Å². The molecule has 0 unspecified atom stereocenters. The summed E-state index contributed by atoms with van der Waals surface area (Å²) >= 11 is 0. The Morgan fingerprint density at radius 2 is 1.04 bits per heavy atom. The van der Waals surface area contributed by atoms with Crippen LogP contribution in [0.5, 0.6) is 0 Å². The molecule has 0 bridgehead atoms. The molecule has 0 amide bonds. The summed E-state index contributed by atoms with van der Waals surface area (Å²) in [7, 11) is 0. The van der Waals surface area contributed by atoms with Gasteiger partial charge in [-0.1, -0.05) is 115 Å². The molecule has 0 saturated carbocycles. The third-order valence-corrected chi connectivity index (χ3v) is 8.48. The number of nitrogens with zero attached hydrogens (tertiary/aromatic N) is 4. The Balaban J connectivity index is 1.29. The molecule has 0 saturated heterocycles. The van der Waals surface area contributed by atoms with E-state index in [4.69, 9.17) is 19.4 Å². The number of fused-ring (bicyclic) bond motifs is 7. The molecule has 0 N–H and O–H groups in total. The Bertz CT molecular complexity index is 2600. The Labute approximate surface area is 262 Å². The predicted octanol–water partition coefficient (Wildman–Crippen LogP) is 9.23. The first-order chi connectivity index (χ1) is 22.7. The van der Waals surface area contributed by atoms with Gasteiger partial charge in [-0.25, -0.2) is 19.7 Å². The third kappa shape index (κ3) is 4.12. The number of hydrogen-bond donors (Lipinski definition) is 0. The summed E-state index contributed by atoms with van der Waals surface area (Å²) in [6, 6.07) is 48.1. The van der Waals surface area contributed by atoms with Crippen LogP contribution in [0.25, 0.3) is 83.4 Å². The summed E-state index contributed by atoms with van der Waals surface area (Å²) in [4.78, 5) is 28.3. The van der Waals surface area contributed by atoms with Gasteiger partial charge in [-0.2, -0.15) is 0 Å². The fourth-order valence-electron chi connectivity index (χ4n) is 6.43. The Morgan fingerprint density at radius 3 is 1.76 bits per heavy atom. The van der Waals surface area contributed by atoms with Gasteiger partial charge in [-0.15, -0.1) is 0 Å². The molecule has 6 aromatic carbocycles. The molecule has 9 rings (SSSR count). The number of hydrogen-bond acceptors (Lipinski definition) is 5. The van der Waals surface area contributed by atoms with E-state index >= 15 is 0 Å². The second-order valence-electron chi connectivity index (χ2n) is 11.2. The van der Waals surface area contributed by atoms with E-state index in [1.807, 2.05) is 115 Å². The van der Waals surface area contributed by atoms with Gasteiger partial charge in [0.25, 0.3) is 0 Å². The molecule has 0 aliphatic heterocycles. The van der Waals surface area contributed by atoms with Gasteiger partial charge < -0.3 is 8.98 Å². The van der Waals surface area contributed by atoms with Crippen molar-refractivity contribution in [2.45, 2.75) is 0 Å². The summed E-state index contributed by atoms with van der Waals surface area (Å²) in [5.74, 6) is 1.79. The maximum atomic E-state index is 13.5. The van der Waals surface area contributed by atoms with Crippen molar-refractivity contribution in [1.29, 1.82) is 0 Å². The molecule has 0 aliphatic carbocycles. The molecule has 6 heteroatoms. The first-order valence-electron chi connectivity index (χ1n) is 15.1. The van der Waals surface area contributed by atoms with Gasteiger partial charge in [0.05, 0.1) is 16.4 Å². The minimum absolute atomic E-state index is 0.344. The standard InChI is InChI=1S/C40H24N4O2/c45-40-36-30(29-18-8-10-21-34(29)46-40)22-23-33-35(36)31-19-7-9-20-32(31)44(33)28-17-11-16-27(24-28)39-42-37(25-12-3-1-4-13-25)41-38(43-39)26-14-5-2-6-15-26/h1-24H. The molecule has 0 fully saturated rings. The maximum absolute atomic E-state index is 13.5. The van der Waals surface area contributed by atoms with Crippen molar-refractivity contribution in [3.8, 4) is 39.9 Å². The van der Waals surface area contributed by atoms with Crippen molar-refractivity contribution in [1.82, 2.24) is 19.5 Å². The highest BCUT2D eigenvalue weighted by Crippen LogP contribution is 2.38. The Hall–Kier alpha value is -6.40. The van der Waals surface area contributed by atoms with Crippen LogP contribution in [0.15, 0.2) is 155 Å². The SMILES string of the molecule is O=c1oc2ccccc2c2ccc3c(c4ccccc4n3-c3cccc(-c4nc(-c5ccccc5)nc(-c5ccccc5)n4)c3)c12. The molecule has 0 radical (unpaired) electrons. The summed E-state index contributed by atoms with van der Waals surface area (Å²) < 4.78 is 8.03. The highest BCUT2D eigenvalue weighted by Gasteiger charge is 2.19. The van der Waals surface area contributed by atoms with Crippen molar-refractivity contribution in [3.63, 3.8) is 0 Å². The number of rotatable bonds is 4. The molecule has 46 heavy (non-hydrogen) atoms. The zero-order valence-electron chi connectivity index (χ0n) is 24.5. The molecule has 9 aromatic rings. The lowest BCUT2D eigenvalue weighted by Crippen LogP contribution is -2.02. The molecule has 3 aromatic heterocycles. The van der Waals surface area contributed by atoms with Crippen LogP contribution in [0.3, 0.4) is 0 Å². The van der Waals surface area contributed by atoms with Gasteiger partial charge in [-0.3, -0.25) is 0 Å². The fourth-order valence-corrected chi connectivity index (χ4v) is 6.43. The van der Waals surface area contributed by atoms with Crippen LogP contribution in [-0.4, -0.2) is 19.5 Å².